The average molecular weight is 471 g/mol. The lowest BCUT2D eigenvalue weighted by Crippen LogP contribution is -2.29. The van der Waals surface area contributed by atoms with Gasteiger partial charge >= 0.3 is 0 Å². The minimum atomic E-state index is -3.67. The van der Waals surface area contributed by atoms with Crippen molar-refractivity contribution in [3.8, 4) is 0 Å². The maximum atomic E-state index is 12.8. The highest BCUT2D eigenvalue weighted by atomic mass is 35.5. The summed E-state index contributed by atoms with van der Waals surface area (Å²) in [6.45, 7) is 2.67. The number of benzene rings is 2. The smallest absolute Gasteiger partial charge is 0.253 e. The molecular formula is C20H23ClN2O5S2. The third-order valence-corrected chi connectivity index (χ3v) is 8.39. The average Bonchev–Trinajstić information content (AvgIpc) is 3.23. The first-order chi connectivity index (χ1) is 14.0. The van der Waals surface area contributed by atoms with Crippen LogP contribution in [0.25, 0.3) is 0 Å². The predicted molar refractivity (Wildman–Crippen MR) is 115 cm³/mol. The largest absolute Gasteiger partial charge is 0.345 e. The Bertz CT molecular complexity index is 1160. The van der Waals surface area contributed by atoms with E-state index >= 15 is 0 Å². The molecular weight excluding hydrogens is 448 g/mol. The molecule has 1 amide bonds. The van der Waals surface area contributed by atoms with Crippen LogP contribution in [0.2, 0.25) is 5.02 Å². The van der Waals surface area contributed by atoms with Gasteiger partial charge < -0.3 is 5.32 Å². The summed E-state index contributed by atoms with van der Waals surface area (Å²) in [5, 5.41) is 2.92. The van der Waals surface area contributed by atoms with Gasteiger partial charge in [-0.05, 0) is 55.7 Å². The Kier molecular flexibility index (Phi) is 6.57. The summed E-state index contributed by atoms with van der Waals surface area (Å²) in [7, 11) is -6.98. The van der Waals surface area contributed by atoms with Crippen molar-refractivity contribution in [3.05, 3.63) is 58.6 Å². The molecule has 162 valence electrons. The summed E-state index contributed by atoms with van der Waals surface area (Å²) in [4.78, 5) is 13.0. The number of carbonyl (C=O) groups is 1. The standard InChI is InChI=1S/C20H23ClN2O5S2/c1-14(15-5-7-16(8-6-15)29(2,25)26)22-20(24)18-13-17(9-10-19(18)21)30(27,28)23-11-3-4-12-23/h5-10,13-14H,3-4,11-12H2,1-2H3,(H,22,24). The Morgan fingerprint density at radius 3 is 2.13 bits per heavy atom. The SMILES string of the molecule is CC(NC(=O)c1cc(S(=O)(=O)N2CCCC2)ccc1Cl)c1ccc(S(C)(=O)=O)cc1. The molecule has 1 heterocycles. The third kappa shape index (κ3) is 4.85. The first-order valence-electron chi connectivity index (χ1n) is 9.41. The number of hydrogen-bond donors (Lipinski definition) is 1. The second kappa shape index (κ2) is 8.66. The predicted octanol–water partition coefficient (Wildman–Crippen LogP) is 3.02. The van der Waals surface area contributed by atoms with E-state index in [1.54, 1.807) is 19.1 Å². The number of carbonyl (C=O) groups excluding carboxylic acids is 1. The molecule has 1 aliphatic heterocycles. The van der Waals surface area contributed by atoms with Gasteiger partial charge in [0, 0.05) is 19.3 Å². The number of nitrogens with zero attached hydrogens (tertiary/aromatic N) is 1. The fourth-order valence-corrected chi connectivity index (χ4v) is 5.66. The second-order valence-electron chi connectivity index (χ2n) is 7.29. The summed E-state index contributed by atoms with van der Waals surface area (Å²) in [5.74, 6) is -0.516. The van der Waals surface area contributed by atoms with E-state index in [1.807, 2.05) is 0 Å². The highest BCUT2D eigenvalue weighted by Gasteiger charge is 2.28. The van der Waals surface area contributed by atoms with Gasteiger partial charge in [-0.3, -0.25) is 4.79 Å². The molecule has 0 saturated carbocycles. The van der Waals surface area contributed by atoms with E-state index in [0.29, 0.717) is 18.7 Å². The van der Waals surface area contributed by atoms with Gasteiger partial charge in [0.05, 0.1) is 26.4 Å². The summed E-state index contributed by atoms with van der Waals surface area (Å²) >= 11 is 6.17. The van der Waals surface area contributed by atoms with Crippen molar-refractivity contribution in [3.63, 3.8) is 0 Å². The summed E-state index contributed by atoms with van der Waals surface area (Å²) in [6.07, 6.45) is 2.75. The number of amides is 1. The van der Waals surface area contributed by atoms with Crippen LogP contribution in [0.1, 0.15) is 41.7 Å². The Morgan fingerprint density at radius 1 is 1.00 bits per heavy atom. The van der Waals surface area contributed by atoms with Crippen LogP contribution >= 0.6 is 11.6 Å². The third-order valence-electron chi connectivity index (χ3n) is 5.04. The zero-order chi connectivity index (χ0) is 22.1. The monoisotopic (exact) mass is 470 g/mol. The van der Waals surface area contributed by atoms with Crippen LogP contribution in [-0.2, 0) is 19.9 Å². The van der Waals surface area contributed by atoms with Crippen molar-refractivity contribution in [2.24, 2.45) is 0 Å². The molecule has 7 nitrogen and oxygen atoms in total. The Morgan fingerprint density at radius 2 is 1.57 bits per heavy atom. The second-order valence-corrected chi connectivity index (χ2v) is 11.7. The van der Waals surface area contributed by atoms with E-state index in [1.165, 1.54) is 34.6 Å². The summed E-state index contributed by atoms with van der Waals surface area (Å²) in [5.41, 5.74) is 0.768. The number of hydrogen-bond acceptors (Lipinski definition) is 5. The minimum Gasteiger partial charge on any atom is -0.345 e. The molecule has 3 rings (SSSR count). The van der Waals surface area contributed by atoms with Crippen molar-refractivity contribution >= 4 is 37.4 Å². The van der Waals surface area contributed by atoms with E-state index in [4.69, 9.17) is 11.6 Å². The molecule has 10 heteroatoms. The molecule has 1 atom stereocenters. The van der Waals surface area contributed by atoms with Crippen LogP contribution in [0.4, 0.5) is 0 Å². The van der Waals surface area contributed by atoms with E-state index in [0.717, 1.165) is 19.1 Å². The first kappa shape index (κ1) is 22.7. The first-order valence-corrected chi connectivity index (χ1v) is 13.1. The molecule has 1 fully saturated rings. The molecule has 1 unspecified atom stereocenters. The Hall–Kier alpha value is -1.94. The molecule has 1 saturated heterocycles. The lowest BCUT2D eigenvalue weighted by molar-refractivity contribution is 0.0940. The molecule has 0 bridgehead atoms. The molecule has 0 aromatic heterocycles. The van der Waals surface area contributed by atoms with Gasteiger partial charge in [0.2, 0.25) is 10.0 Å². The van der Waals surface area contributed by atoms with E-state index in [2.05, 4.69) is 5.32 Å². The number of sulfone groups is 1. The van der Waals surface area contributed by atoms with Gasteiger partial charge in [0.25, 0.3) is 5.91 Å². The molecule has 0 aliphatic carbocycles. The molecule has 0 radical (unpaired) electrons. The fraction of sp³-hybridized carbons (Fsp3) is 0.350. The lowest BCUT2D eigenvalue weighted by atomic mass is 10.1. The molecule has 1 N–H and O–H groups in total. The van der Waals surface area contributed by atoms with Crippen molar-refractivity contribution in [2.75, 3.05) is 19.3 Å². The maximum Gasteiger partial charge on any atom is 0.253 e. The zero-order valence-electron chi connectivity index (χ0n) is 16.6. The maximum absolute atomic E-state index is 12.8. The highest BCUT2D eigenvalue weighted by Crippen LogP contribution is 2.26. The quantitative estimate of drug-likeness (QED) is 0.699. The van der Waals surface area contributed by atoms with Crippen LogP contribution in [0, 0.1) is 0 Å². The van der Waals surface area contributed by atoms with Gasteiger partial charge in [-0.15, -0.1) is 0 Å². The molecule has 1 aliphatic rings. The minimum absolute atomic E-state index is 0.0316. The zero-order valence-corrected chi connectivity index (χ0v) is 19.0. The van der Waals surface area contributed by atoms with Gasteiger partial charge in [0.15, 0.2) is 9.84 Å². The van der Waals surface area contributed by atoms with Crippen LogP contribution in [-0.4, -0.2) is 46.4 Å². The highest BCUT2D eigenvalue weighted by molar-refractivity contribution is 7.90. The van der Waals surface area contributed by atoms with Crippen LogP contribution in [0.3, 0.4) is 0 Å². The van der Waals surface area contributed by atoms with Crippen molar-refractivity contribution in [1.82, 2.24) is 9.62 Å². The van der Waals surface area contributed by atoms with Gasteiger partial charge in [-0.2, -0.15) is 4.31 Å². The van der Waals surface area contributed by atoms with E-state index in [9.17, 15) is 21.6 Å². The molecule has 2 aromatic rings. The van der Waals surface area contributed by atoms with Gasteiger partial charge in [-0.25, -0.2) is 16.8 Å². The number of nitrogens with one attached hydrogen (secondary N) is 1. The molecule has 2 aromatic carbocycles. The fourth-order valence-electron chi connectivity index (χ4n) is 3.28. The van der Waals surface area contributed by atoms with E-state index in [-0.39, 0.29) is 20.4 Å². The molecule has 30 heavy (non-hydrogen) atoms. The Balaban J connectivity index is 1.81. The van der Waals surface area contributed by atoms with Crippen molar-refractivity contribution in [2.45, 2.75) is 35.6 Å². The van der Waals surface area contributed by atoms with Crippen LogP contribution in [0.5, 0.6) is 0 Å². The van der Waals surface area contributed by atoms with Crippen LogP contribution in [0.15, 0.2) is 52.3 Å². The number of rotatable bonds is 6. The van der Waals surface area contributed by atoms with Gasteiger partial charge in [0.1, 0.15) is 0 Å². The summed E-state index contributed by atoms with van der Waals surface area (Å²) in [6, 6.07) is 9.86. The lowest BCUT2D eigenvalue weighted by Gasteiger charge is -2.18. The topological polar surface area (TPSA) is 101 Å². The summed E-state index contributed by atoms with van der Waals surface area (Å²) < 4.78 is 50.1. The van der Waals surface area contributed by atoms with Crippen molar-refractivity contribution in [1.29, 1.82) is 0 Å². The van der Waals surface area contributed by atoms with Crippen LogP contribution < -0.4 is 5.32 Å². The van der Waals surface area contributed by atoms with Crippen molar-refractivity contribution < 1.29 is 21.6 Å². The van der Waals surface area contributed by atoms with Gasteiger partial charge in [-0.1, -0.05) is 23.7 Å². The number of halogens is 1. The number of sulfonamides is 1. The molecule has 0 spiro atoms. The Labute approximate surface area is 182 Å². The van der Waals surface area contributed by atoms with E-state index < -0.39 is 31.8 Å². The normalized spacial score (nSPS) is 16.4.